The van der Waals surface area contributed by atoms with E-state index in [2.05, 4.69) is 10.8 Å². The Morgan fingerprint density at radius 2 is 2.31 bits per heavy atom. The average molecular weight is 218 g/mol. The van der Waals surface area contributed by atoms with Gasteiger partial charge in [0.15, 0.2) is 0 Å². The first kappa shape index (κ1) is 11.4. The quantitative estimate of drug-likeness (QED) is 0.517. The van der Waals surface area contributed by atoms with Crippen LogP contribution in [0, 0.1) is 0 Å². The summed E-state index contributed by atoms with van der Waals surface area (Å²) in [6.45, 7) is 1.69. The molecule has 1 rings (SSSR count). The highest BCUT2D eigenvalue weighted by atomic mass is 33.1. The highest BCUT2D eigenvalue weighted by Gasteiger charge is 2.13. The first-order chi connectivity index (χ1) is 6.29. The van der Waals surface area contributed by atoms with Gasteiger partial charge in [0.1, 0.15) is 5.78 Å². The molecule has 1 unspecified atom stereocenters. The van der Waals surface area contributed by atoms with Crippen molar-refractivity contribution in [2.75, 3.05) is 5.75 Å². The van der Waals surface area contributed by atoms with Crippen LogP contribution in [-0.4, -0.2) is 16.8 Å². The molecule has 0 radical (unpaired) electrons. The summed E-state index contributed by atoms with van der Waals surface area (Å²) in [6.07, 6.45) is 7.19. The standard InChI is InChI=1S/C10H18OS2/c1-9(11)5-2-3-6-10-7-4-8-12-13-10/h10H,2-8H2,1H3. The SMILES string of the molecule is CC(=O)CCCCC1CCCSS1. The maximum absolute atomic E-state index is 10.7. The molecule has 1 aliphatic heterocycles. The molecule has 1 saturated heterocycles. The summed E-state index contributed by atoms with van der Waals surface area (Å²) in [6, 6.07) is 0. The normalized spacial score (nSPS) is 23.0. The summed E-state index contributed by atoms with van der Waals surface area (Å²) >= 11 is 0. The second-order valence-electron chi connectivity index (χ2n) is 3.63. The second kappa shape index (κ2) is 6.77. The average Bonchev–Trinajstić information content (AvgIpc) is 2.14. The third kappa shape index (κ3) is 5.63. The van der Waals surface area contributed by atoms with Crippen LogP contribution in [0.1, 0.15) is 45.4 Å². The Morgan fingerprint density at radius 3 is 2.92 bits per heavy atom. The Labute approximate surface area is 88.8 Å². The van der Waals surface area contributed by atoms with Gasteiger partial charge in [0, 0.05) is 17.4 Å². The van der Waals surface area contributed by atoms with Crippen LogP contribution in [0.5, 0.6) is 0 Å². The molecule has 1 fully saturated rings. The third-order valence-corrected chi connectivity index (χ3v) is 5.32. The fraction of sp³-hybridized carbons (Fsp3) is 0.900. The van der Waals surface area contributed by atoms with E-state index >= 15 is 0 Å². The van der Waals surface area contributed by atoms with Gasteiger partial charge in [-0.1, -0.05) is 28.0 Å². The van der Waals surface area contributed by atoms with E-state index in [1.54, 1.807) is 6.92 Å². The van der Waals surface area contributed by atoms with Crippen LogP contribution in [0.4, 0.5) is 0 Å². The summed E-state index contributed by atoms with van der Waals surface area (Å²) in [5.74, 6) is 1.67. The number of ketones is 1. The minimum atomic E-state index is 0.339. The summed E-state index contributed by atoms with van der Waals surface area (Å²) in [5.41, 5.74) is 0. The predicted molar refractivity (Wildman–Crippen MR) is 62.2 cm³/mol. The summed E-state index contributed by atoms with van der Waals surface area (Å²) in [4.78, 5) is 10.7. The number of rotatable bonds is 5. The van der Waals surface area contributed by atoms with Crippen LogP contribution in [0.25, 0.3) is 0 Å². The van der Waals surface area contributed by atoms with Crippen molar-refractivity contribution in [2.24, 2.45) is 0 Å². The largest absolute Gasteiger partial charge is 0.300 e. The van der Waals surface area contributed by atoms with Crippen LogP contribution >= 0.6 is 21.6 Å². The van der Waals surface area contributed by atoms with Crippen LogP contribution < -0.4 is 0 Å². The molecule has 0 bridgehead atoms. The minimum Gasteiger partial charge on any atom is -0.300 e. The lowest BCUT2D eigenvalue weighted by Gasteiger charge is -2.19. The van der Waals surface area contributed by atoms with Gasteiger partial charge >= 0.3 is 0 Å². The van der Waals surface area contributed by atoms with Crippen molar-refractivity contribution in [3.8, 4) is 0 Å². The highest BCUT2D eigenvalue weighted by molar-refractivity contribution is 8.77. The molecule has 0 aromatic heterocycles. The summed E-state index contributed by atoms with van der Waals surface area (Å²) < 4.78 is 0. The van der Waals surface area contributed by atoms with Crippen LogP contribution in [-0.2, 0) is 4.79 Å². The fourth-order valence-electron chi connectivity index (χ4n) is 1.50. The molecule has 0 amide bonds. The van der Waals surface area contributed by atoms with Crippen LogP contribution in [0.15, 0.2) is 0 Å². The van der Waals surface area contributed by atoms with Crippen LogP contribution in [0.2, 0.25) is 0 Å². The van der Waals surface area contributed by atoms with E-state index in [1.807, 2.05) is 10.8 Å². The molecule has 76 valence electrons. The Kier molecular flexibility index (Phi) is 5.96. The first-order valence-corrected chi connectivity index (χ1v) is 7.45. The molecule has 1 heterocycles. The molecule has 0 spiro atoms. The molecule has 0 N–H and O–H groups in total. The monoisotopic (exact) mass is 218 g/mol. The number of hydrogen-bond acceptors (Lipinski definition) is 3. The lowest BCUT2D eigenvalue weighted by molar-refractivity contribution is -0.117. The van der Waals surface area contributed by atoms with Crippen molar-refractivity contribution in [3.63, 3.8) is 0 Å². The maximum atomic E-state index is 10.7. The lowest BCUT2D eigenvalue weighted by Crippen LogP contribution is -2.06. The van der Waals surface area contributed by atoms with Crippen molar-refractivity contribution in [3.05, 3.63) is 0 Å². The van der Waals surface area contributed by atoms with Crippen molar-refractivity contribution in [1.82, 2.24) is 0 Å². The number of Topliss-reactive ketones (excluding diaryl/α,β-unsaturated/α-hetero) is 1. The molecule has 0 aliphatic carbocycles. The molecular weight excluding hydrogens is 200 g/mol. The topological polar surface area (TPSA) is 17.1 Å². The molecule has 0 aromatic rings. The minimum absolute atomic E-state index is 0.339. The lowest BCUT2D eigenvalue weighted by atomic mass is 10.1. The molecular formula is C10H18OS2. The summed E-state index contributed by atoms with van der Waals surface area (Å²) in [5, 5.41) is 0.866. The van der Waals surface area contributed by atoms with Crippen molar-refractivity contribution >= 4 is 27.4 Å². The van der Waals surface area contributed by atoms with Crippen molar-refractivity contribution < 1.29 is 4.79 Å². The van der Waals surface area contributed by atoms with E-state index in [-0.39, 0.29) is 0 Å². The Hall–Kier alpha value is 0.370. The Morgan fingerprint density at radius 1 is 1.46 bits per heavy atom. The number of unbranched alkanes of at least 4 members (excludes halogenated alkanes) is 1. The van der Waals surface area contributed by atoms with E-state index in [0.717, 1.165) is 18.1 Å². The molecule has 13 heavy (non-hydrogen) atoms. The van der Waals surface area contributed by atoms with Gasteiger partial charge in [-0.3, -0.25) is 0 Å². The van der Waals surface area contributed by atoms with Gasteiger partial charge in [0.25, 0.3) is 0 Å². The molecule has 0 saturated carbocycles. The van der Waals surface area contributed by atoms with Gasteiger partial charge in [0.2, 0.25) is 0 Å². The van der Waals surface area contributed by atoms with E-state index in [1.165, 1.54) is 31.4 Å². The van der Waals surface area contributed by atoms with E-state index in [0.29, 0.717) is 5.78 Å². The molecule has 0 aromatic carbocycles. The third-order valence-electron chi connectivity index (χ3n) is 2.26. The molecule has 1 nitrogen and oxygen atoms in total. The van der Waals surface area contributed by atoms with E-state index < -0.39 is 0 Å². The van der Waals surface area contributed by atoms with Crippen molar-refractivity contribution in [1.29, 1.82) is 0 Å². The zero-order valence-corrected chi connectivity index (χ0v) is 9.88. The zero-order chi connectivity index (χ0) is 9.52. The van der Waals surface area contributed by atoms with Crippen LogP contribution in [0.3, 0.4) is 0 Å². The maximum Gasteiger partial charge on any atom is 0.129 e. The van der Waals surface area contributed by atoms with E-state index in [9.17, 15) is 4.79 Å². The highest BCUT2D eigenvalue weighted by Crippen LogP contribution is 2.37. The second-order valence-corrected chi connectivity index (χ2v) is 6.42. The first-order valence-electron chi connectivity index (χ1n) is 5.07. The molecule has 1 aliphatic rings. The summed E-state index contributed by atoms with van der Waals surface area (Å²) in [7, 11) is 4.07. The Balaban J connectivity index is 1.95. The molecule has 1 atom stereocenters. The molecule has 3 heteroatoms. The number of hydrogen-bond donors (Lipinski definition) is 0. The van der Waals surface area contributed by atoms with Gasteiger partial charge in [-0.05, 0) is 32.6 Å². The van der Waals surface area contributed by atoms with Gasteiger partial charge in [0.05, 0.1) is 0 Å². The number of carbonyl (C=O) groups is 1. The van der Waals surface area contributed by atoms with Gasteiger partial charge in [-0.2, -0.15) is 0 Å². The number of carbonyl (C=O) groups excluding carboxylic acids is 1. The predicted octanol–water partition coefficient (Wildman–Crippen LogP) is 3.68. The smallest absolute Gasteiger partial charge is 0.129 e. The Bertz CT molecular complexity index is 153. The van der Waals surface area contributed by atoms with Gasteiger partial charge in [-0.25, -0.2) is 0 Å². The van der Waals surface area contributed by atoms with Gasteiger partial charge in [-0.15, -0.1) is 0 Å². The van der Waals surface area contributed by atoms with Gasteiger partial charge < -0.3 is 4.79 Å². The fourth-order valence-corrected chi connectivity index (χ4v) is 4.40. The van der Waals surface area contributed by atoms with E-state index in [4.69, 9.17) is 0 Å². The zero-order valence-electron chi connectivity index (χ0n) is 8.25. The van der Waals surface area contributed by atoms with Crippen molar-refractivity contribution in [2.45, 2.75) is 50.7 Å².